The van der Waals surface area contributed by atoms with Crippen molar-refractivity contribution >= 4 is 11.7 Å². The SMILES string of the molecule is CCOC(C(=O)O)c1ccc(OCCN2CCOc3ccccc32)cc1. The summed E-state index contributed by atoms with van der Waals surface area (Å²) in [5.74, 6) is 0.612. The molecular formula is C20H23NO5. The average molecular weight is 357 g/mol. The molecule has 0 saturated heterocycles. The molecule has 0 radical (unpaired) electrons. The Labute approximate surface area is 152 Å². The second-order valence-corrected chi connectivity index (χ2v) is 5.89. The zero-order valence-corrected chi connectivity index (χ0v) is 14.8. The largest absolute Gasteiger partial charge is 0.492 e. The minimum atomic E-state index is -0.994. The van der Waals surface area contributed by atoms with E-state index in [9.17, 15) is 9.90 Å². The van der Waals surface area contributed by atoms with Gasteiger partial charge in [0.05, 0.1) is 18.8 Å². The van der Waals surface area contributed by atoms with Gasteiger partial charge < -0.3 is 24.2 Å². The van der Waals surface area contributed by atoms with Crippen molar-refractivity contribution in [1.29, 1.82) is 0 Å². The first-order valence-electron chi connectivity index (χ1n) is 8.73. The smallest absolute Gasteiger partial charge is 0.337 e. The summed E-state index contributed by atoms with van der Waals surface area (Å²) in [5, 5.41) is 9.22. The highest BCUT2D eigenvalue weighted by Gasteiger charge is 2.20. The van der Waals surface area contributed by atoms with E-state index in [0.717, 1.165) is 24.5 Å². The Morgan fingerprint density at radius 3 is 2.73 bits per heavy atom. The van der Waals surface area contributed by atoms with Gasteiger partial charge in [0.25, 0.3) is 0 Å². The van der Waals surface area contributed by atoms with Gasteiger partial charge in [0.15, 0.2) is 6.10 Å². The summed E-state index contributed by atoms with van der Waals surface area (Å²) in [5.41, 5.74) is 1.69. The van der Waals surface area contributed by atoms with Gasteiger partial charge >= 0.3 is 5.97 Å². The first-order chi connectivity index (χ1) is 12.7. The van der Waals surface area contributed by atoms with Crippen molar-refractivity contribution in [3.63, 3.8) is 0 Å². The third-order valence-electron chi connectivity index (χ3n) is 4.20. The van der Waals surface area contributed by atoms with E-state index in [1.165, 1.54) is 0 Å². The molecule has 6 heteroatoms. The molecule has 0 amide bonds. The van der Waals surface area contributed by atoms with E-state index in [0.29, 0.717) is 31.1 Å². The maximum atomic E-state index is 11.3. The summed E-state index contributed by atoms with van der Waals surface area (Å²) >= 11 is 0. The molecule has 2 aromatic rings. The second-order valence-electron chi connectivity index (χ2n) is 5.89. The zero-order chi connectivity index (χ0) is 18.4. The Morgan fingerprint density at radius 1 is 1.23 bits per heavy atom. The van der Waals surface area contributed by atoms with E-state index < -0.39 is 12.1 Å². The zero-order valence-electron chi connectivity index (χ0n) is 14.8. The van der Waals surface area contributed by atoms with Crippen molar-refractivity contribution in [1.82, 2.24) is 0 Å². The number of fused-ring (bicyclic) bond motifs is 1. The van der Waals surface area contributed by atoms with Crippen LogP contribution < -0.4 is 14.4 Å². The highest BCUT2D eigenvalue weighted by Crippen LogP contribution is 2.30. The lowest BCUT2D eigenvalue weighted by Gasteiger charge is -2.31. The third-order valence-corrected chi connectivity index (χ3v) is 4.20. The Kier molecular flexibility index (Phi) is 5.96. The number of carbonyl (C=O) groups is 1. The summed E-state index contributed by atoms with van der Waals surface area (Å²) < 4.78 is 16.7. The van der Waals surface area contributed by atoms with Gasteiger partial charge in [-0.25, -0.2) is 4.79 Å². The Balaban J connectivity index is 1.55. The van der Waals surface area contributed by atoms with Gasteiger partial charge in [-0.1, -0.05) is 24.3 Å². The molecule has 2 aromatic carbocycles. The minimum absolute atomic E-state index is 0.343. The minimum Gasteiger partial charge on any atom is -0.492 e. The topological polar surface area (TPSA) is 68.2 Å². The molecule has 3 rings (SSSR count). The van der Waals surface area contributed by atoms with Crippen LogP contribution in [0.1, 0.15) is 18.6 Å². The first kappa shape index (κ1) is 18.1. The lowest BCUT2D eigenvalue weighted by Crippen LogP contribution is -2.35. The van der Waals surface area contributed by atoms with Crippen molar-refractivity contribution < 1.29 is 24.1 Å². The molecular weight excluding hydrogens is 334 g/mol. The molecule has 0 aromatic heterocycles. The fraction of sp³-hybridized carbons (Fsp3) is 0.350. The first-order valence-corrected chi connectivity index (χ1v) is 8.73. The van der Waals surface area contributed by atoms with Gasteiger partial charge in [-0.05, 0) is 36.8 Å². The predicted octanol–water partition coefficient (Wildman–Crippen LogP) is 3.13. The molecule has 1 aliphatic heterocycles. The molecule has 26 heavy (non-hydrogen) atoms. The van der Waals surface area contributed by atoms with Gasteiger partial charge in [0, 0.05) is 6.61 Å². The van der Waals surface area contributed by atoms with E-state index in [1.807, 2.05) is 24.3 Å². The van der Waals surface area contributed by atoms with E-state index in [4.69, 9.17) is 14.2 Å². The molecule has 138 valence electrons. The molecule has 6 nitrogen and oxygen atoms in total. The molecule has 1 N–H and O–H groups in total. The van der Waals surface area contributed by atoms with Gasteiger partial charge in [0.1, 0.15) is 24.7 Å². The summed E-state index contributed by atoms with van der Waals surface area (Å²) in [6.45, 7) is 4.89. The van der Waals surface area contributed by atoms with Crippen molar-refractivity contribution in [2.45, 2.75) is 13.0 Å². The average Bonchev–Trinajstić information content (AvgIpc) is 2.67. The highest BCUT2D eigenvalue weighted by molar-refractivity contribution is 5.74. The van der Waals surface area contributed by atoms with Gasteiger partial charge in [-0.2, -0.15) is 0 Å². The predicted molar refractivity (Wildman–Crippen MR) is 98.1 cm³/mol. The van der Waals surface area contributed by atoms with E-state index in [1.54, 1.807) is 31.2 Å². The van der Waals surface area contributed by atoms with Crippen LogP contribution in [0.4, 0.5) is 5.69 Å². The Bertz CT molecular complexity index is 731. The number of para-hydroxylation sites is 2. The molecule has 0 bridgehead atoms. The van der Waals surface area contributed by atoms with Crippen LogP contribution >= 0.6 is 0 Å². The number of benzene rings is 2. The van der Waals surface area contributed by atoms with E-state index in [2.05, 4.69) is 4.90 Å². The number of hydrogen-bond acceptors (Lipinski definition) is 5. The standard InChI is InChI=1S/C20H23NO5/c1-2-24-19(20(22)23)15-7-9-16(10-8-15)25-13-11-21-12-14-26-18-6-4-3-5-17(18)21/h3-10,19H,2,11-14H2,1H3,(H,22,23). The van der Waals surface area contributed by atoms with Crippen LogP contribution in [-0.2, 0) is 9.53 Å². The normalized spacial score (nSPS) is 14.3. The summed E-state index contributed by atoms with van der Waals surface area (Å²) in [6.07, 6.45) is -0.945. The van der Waals surface area contributed by atoms with Gasteiger partial charge in [-0.15, -0.1) is 0 Å². The summed E-state index contributed by atoms with van der Waals surface area (Å²) in [7, 11) is 0. The van der Waals surface area contributed by atoms with Crippen molar-refractivity contribution in [3.8, 4) is 11.5 Å². The number of ether oxygens (including phenoxy) is 3. The van der Waals surface area contributed by atoms with Gasteiger partial charge in [-0.3, -0.25) is 0 Å². The fourth-order valence-corrected chi connectivity index (χ4v) is 2.95. The van der Waals surface area contributed by atoms with Crippen LogP contribution in [0, 0.1) is 0 Å². The van der Waals surface area contributed by atoms with Crippen LogP contribution in [0.5, 0.6) is 11.5 Å². The number of carboxylic acid groups (broad SMARTS) is 1. The van der Waals surface area contributed by atoms with Crippen LogP contribution in [-0.4, -0.2) is 44.0 Å². The summed E-state index contributed by atoms with van der Waals surface area (Å²) in [6, 6.07) is 15.0. The number of anilines is 1. The maximum Gasteiger partial charge on any atom is 0.337 e. The van der Waals surface area contributed by atoms with Crippen LogP contribution in [0.3, 0.4) is 0 Å². The van der Waals surface area contributed by atoms with Crippen molar-refractivity contribution in [2.24, 2.45) is 0 Å². The molecule has 1 atom stereocenters. The molecule has 0 spiro atoms. The molecule has 1 unspecified atom stereocenters. The number of aliphatic carboxylic acids is 1. The number of carboxylic acids is 1. The lowest BCUT2D eigenvalue weighted by atomic mass is 10.1. The fourth-order valence-electron chi connectivity index (χ4n) is 2.95. The maximum absolute atomic E-state index is 11.3. The number of nitrogens with zero attached hydrogens (tertiary/aromatic N) is 1. The quantitative estimate of drug-likeness (QED) is 0.783. The highest BCUT2D eigenvalue weighted by atomic mass is 16.5. The molecule has 1 aliphatic rings. The Morgan fingerprint density at radius 2 is 2.00 bits per heavy atom. The van der Waals surface area contributed by atoms with Crippen LogP contribution in [0.25, 0.3) is 0 Å². The summed E-state index contributed by atoms with van der Waals surface area (Å²) in [4.78, 5) is 13.5. The monoisotopic (exact) mass is 357 g/mol. The number of rotatable bonds is 8. The van der Waals surface area contributed by atoms with Crippen LogP contribution in [0.2, 0.25) is 0 Å². The van der Waals surface area contributed by atoms with Crippen molar-refractivity contribution in [2.75, 3.05) is 37.8 Å². The van der Waals surface area contributed by atoms with Crippen molar-refractivity contribution in [3.05, 3.63) is 54.1 Å². The molecule has 0 saturated carbocycles. The molecule has 0 aliphatic carbocycles. The Hall–Kier alpha value is -2.73. The molecule has 1 heterocycles. The van der Waals surface area contributed by atoms with E-state index in [-0.39, 0.29) is 0 Å². The van der Waals surface area contributed by atoms with Gasteiger partial charge in [0.2, 0.25) is 0 Å². The van der Waals surface area contributed by atoms with E-state index >= 15 is 0 Å². The third kappa shape index (κ3) is 4.26. The molecule has 0 fully saturated rings. The second kappa shape index (κ2) is 8.58. The van der Waals surface area contributed by atoms with Crippen LogP contribution in [0.15, 0.2) is 48.5 Å². The lowest BCUT2D eigenvalue weighted by molar-refractivity contribution is -0.150. The number of hydrogen-bond donors (Lipinski definition) is 1.